The highest BCUT2D eigenvalue weighted by Crippen LogP contribution is 2.55. The molecule has 0 saturated carbocycles. The molecule has 20 heavy (non-hydrogen) atoms. The summed E-state index contributed by atoms with van der Waals surface area (Å²) in [5.41, 5.74) is 0. The highest BCUT2D eigenvalue weighted by molar-refractivity contribution is 14.1. The molecule has 0 heterocycles. The molecule has 0 aliphatic carbocycles. The first kappa shape index (κ1) is 20.9. The van der Waals surface area contributed by atoms with E-state index in [9.17, 15) is 35.1 Å². The lowest BCUT2D eigenvalue weighted by molar-refractivity contribution is -0.367. The van der Waals surface area contributed by atoms with Crippen molar-refractivity contribution in [1.29, 1.82) is 0 Å². The zero-order valence-electron chi connectivity index (χ0n) is 10.0. The molecule has 0 aromatic heterocycles. The SMILES string of the molecule is FC(F)(CCCI)C(F)(F)C(F)(F)C(F)(F)CCCI. The standard InChI is InChI=1S/C10H12F8I2/c11-7(12,3-1-5-19)9(15,16)10(17,18)8(13,14)4-2-6-20/h1-6H2. The zero-order valence-corrected chi connectivity index (χ0v) is 14.3. The smallest absolute Gasteiger partial charge is 0.200 e. The molecule has 0 aromatic carbocycles. The van der Waals surface area contributed by atoms with E-state index in [0.29, 0.717) is 0 Å². The van der Waals surface area contributed by atoms with Gasteiger partial charge >= 0.3 is 23.7 Å². The van der Waals surface area contributed by atoms with Gasteiger partial charge in [0.1, 0.15) is 0 Å². The molecular formula is C10H12F8I2. The largest absolute Gasteiger partial charge is 0.378 e. The predicted octanol–water partition coefficient (Wildman–Crippen LogP) is 5.96. The van der Waals surface area contributed by atoms with Crippen molar-refractivity contribution in [3.05, 3.63) is 0 Å². The fraction of sp³-hybridized carbons (Fsp3) is 1.00. The van der Waals surface area contributed by atoms with Crippen LogP contribution in [0.3, 0.4) is 0 Å². The first-order chi connectivity index (χ1) is 8.87. The van der Waals surface area contributed by atoms with Gasteiger partial charge in [-0.25, -0.2) is 0 Å². The van der Waals surface area contributed by atoms with Gasteiger partial charge in [0, 0.05) is 12.8 Å². The molecule has 0 saturated heterocycles. The van der Waals surface area contributed by atoms with E-state index in [2.05, 4.69) is 0 Å². The monoisotopic (exact) mass is 538 g/mol. The molecule has 0 nitrogen and oxygen atoms in total. The van der Waals surface area contributed by atoms with Crippen molar-refractivity contribution in [2.75, 3.05) is 8.86 Å². The first-order valence-corrected chi connectivity index (χ1v) is 8.55. The second-order valence-electron chi connectivity index (χ2n) is 4.14. The van der Waals surface area contributed by atoms with Crippen molar-refractivity contribution in [2.24, 2.45) is 0 Å². The lowest BCUT2D eigenvalue weighted by atomic mass is 9.93. The summed E-state index contributed by atoms with van der Waals surface area (Å²) in [5, 5.41) is 0. The summed E-state index contributed by atoms with van der Waals surface area (Å²) in [7, 11) is 0. The summed E-state index contributed by atoms with van der Waals surface area (Å²) in [6.45, 7) is 0. The summed E-state index contributed by atoms with van der Waals surface area (Å²) in [6, 6.07) is 0. The second-order valence-corrected chi connectivity index (χ2v) is 6.30. The molecule has 0 rings (SSSR count). The average molecular weight is 538 g/mol. The molecule has 122 valence electrons. The van der Waals surface area contributed by atoms with Crippen LogP contribution in [0.25, 0.3) is 0 Å². The number of hydrogen-bond donors (Lipinski definition) is 0. The molecule has 0 bridgehead atoms. The molecule has 0 aliphatic heterocycles. The molecule has 0 N–H and O–H groups in total. The third-order valence-corrected chi connectivity index (χ3v) is 4.09. The summed E-state index contributed by atoms with van der Waals surface area (Å²) < 4.78 is 106. The van der Waals surface area contributed by atoms with E-state index in [1.165, 1.54) is 0 Å². The van der Waals surface area contributed by atoms with E-state index < -0.39 is 49.4 Å². The summed E-state index contributed by atoms with van der Waals surface area (Å²) >= 11 is 3.19. The third kappa shape index (κ3) is 4.22. The highest BCUT2D eigenvalue weighted by atomic mass is 127. The van der Waals surface area contributed by atoms with Crippen molar-refractivity contribution in [3.63, 3.8) is 0 Å². The minimum absolute atomic E-state index is 0.0280. The van der Waals surface area contributed by atoms with Gasteiger partial charge < -0.3 is 0 Å². The Hall–Kier alpha value is 0.900. The van der Waals surface area contributed by atoms with E-state index >= 15 is 0 Å². The maximum absolute atomic E-state index is 13.2. The Morgan fingerprint density at radius 3 is 1.00 bits per heavy atom. The van der Waals surface area contributed by atoms with E-state index in [1.807, 2.05) is 0 Å². The Morgan fingerprint density at radius 2 is 0.800 bits per heavy atom. The maximum atomic E-state index is 13.2. The molecular weight excluding hydrogens is 526 g/mol. The van der Waals surface area contributed by atoms with E-state index in [0.717, 1.165) is 0 Å². The molecule has 0 amide bonds. The highest BCUT2D eigenvalue weighted by Gasteiger charge is 2.79. The van der Waals surface area contributed by atoms with Crippen LogP contribution in [-0.4, -0.2) is 32.5 Å². The summed E-state index contributed by atoms with van der Waals surface area (Å²) in [6.07, 6.45) is -4.08. The molecule has 0 atom stereocenters. The minimum atomic E-state index is -6.10. The molecule has 0 radical (unpaired) electrons. The van der Waals surface area contributed by atoms with Crippen LogP contribution in [0, 0.1) is 0 Å². The number of hydrogen-bond acceptors (Lipinski definition) is 0. The molecule has 0 unspecified atom stereocenters. The predicted molar refractivity (Wildman–Crippen MR) is 76.0 cm³/mol. The molecule has 0 spiro atoms. The lowest BCUT2D eigenvalue weighted by Gasteiger charge is -2.36. The van der Waals surface area contributed by atoms with Gasteiger partial charge in [-0.1, -0.05) is 45.2 Å². The van der Waals surface area contributed by atoms with Crippen LogP contribution in [-0.2, 0) is 0 Å². The molecule has 0 fully saturated rings. The van der Waals surface area contributed by atoms with Crippen LogP contribution < -0.4 is 0 Å². The Bertz CT molecular complexity index is 276. The van der Waals surface area contributed by atoms with Crippen LogP contribution in [0.2, 0.25) is 0 Å². The van der Waals surface area contributed by atoms with Crippen LogP contribution in [0.5, 0.6) is 0 Å². The van der Waals surface area contributed by atoms with Crippen molar-refractivity contribution < 1.29 is 35.1 Å². The summed E-state index contributed by atoms with van der Waals surface area (Å²) in [4.78, 5) is 0. The average Bonchev–Trinajstić information content (AvgIpc) is 2.33. The van der Waals surface area contributed by atoms with Gasteiger partial charge in [-0.3, -0.25) is 0 Å². The number of rotatable bonds is 9. The molecule has 0 aliphatic rings. The number of halogens is 10. The van der Waals surface area contributed by atoms with Crippen molar-refractivity contribution in [2.45, 2.75) is 49.4 Å². The van der Waals surface area contributed by atoms with E-state index in [1.54, 1.807) is 45.2 Å². The van der Waals surface area contributed by atoms with Crippen LogP contribution in [0.4, 0.5) is 35.1 Å². The number of alkyl halides is 10. The van der Waals surface area contributed by atoms with E-state index in [4.69, 9.17) is 0 Å². The Kier molecular flexibility index (Phi) is 7.78. The molecule has 10 heteroatoms. The lowest BCUT2D eigenvalue weighted by Crippen LogP contribution is -2.62. The Morgan fingerprint density at radius 1 is 0.550 bits per heavy atom. The minimum Gasteiger partial charge on any atom is -0.200 e. The third-order valence-electron chi connectivity index (χ3n) is 2.56. The van der Waals surface area contributed by atoms with Gasteiger partial charge in [0.05, 0.1) is 0 Å². The van der Waals surface area contributed by atoms with Crippen LogP contribution >= 0.6 is 45.2 Å². The van der Waals surface area contributed by atoms with E-state index in [-0.39, 0.29) is 8.86 Å². The normalized spacial score (nSPS) is 14.7. The second kappa shape index (κ2) is 7.44. The first-order valence-electron chi connectivity index (χ1n) is 5.50. The van der Waals surface area contributed by atoms with Gasteiger partial charge in [-0.05, 0) is 21.7 Å². The van der Waals surface area contributed by atoms with Crippen LogP contribution in [0.1, 0.15) is 25.7 Å². The fourth-order valence-electron chi connectivity index (χ4n) is 1.35. The molecule has 0 aromatic rings. The maximum Gasteiger partial charge on any atom is 0.378 e. The Balaban J connectivity index is 5.32. The van der Waals surface area contributed by atoms with Gasteiger partial charge in [-0.15, -0.1) is 0 Å². The van der Waals surface area contributed by atoms with Crippen LogP contribution in [0.15, 0.2) is 0 Å². The van der Waals surface area contributed by atoms with Gasteiger partial charge in [0.25, 0.3) is 0 Å². The quantitative estimate of drug-likeness (QED) is 0.193. The van der Waals surface area contributed by atoms with Gasteiger partial charge in [0.2, 0.25) is 0 Å². The van der Waals surface area contributed by atoms with Crippen molar-refractivity contribution in [1.82, 2.24) is 0 Å². The fourth-order valence-corrected chi connectivity index (χ4v) is 2.11. The Labute approximate surface area is 138 Å². The van der Waals surface area contributed by atoms with Gasteiger partial charge in [-0.2, -0.15) is 35.1 Å². The zero-order chi connectivity index (χ0) is 16.2. The van der Waals surface area contributed by atoms with Crippen molar-refractivity contribution in [3.8, 4) is 0 Å². The topological polar surface area (TPSA) is 0 Å². The summed E-state index contributed by atoms with van der Waals surface area (Å²) in [5.74, 6) is -22.6. The van der Waals surface area contributed by atoms with Crippen molar-refractivity contribution >= 4 is 45.2 Å². The van der Waals surface area contributed by atoms with Gasteiger partial charge in [0.15, 0.2) is 0 Å².